The van der Waals surface area contributed by atoms with Crippen molar-refractivity contribution in [3.05, 3.63) is 35.6 Å². The number of carbonyl (C=O) groups is 2. The molecule has 0 spiro atoms. The smallest absolute Gasteiger partial charge is 0.163 e. The normalized spacial score (nSPS) is 20.3. The van der Waals surface area contributed by atoms with Gasteiger partial charge in [-0.05, 0) is 24.3 Å². The molecule has 1 atom stereocenters. The molecule has 1 aromatic rings. The summed E-state index contributed by atoms with van der Waals surface area (Å²) in [7, 11) is 0. The van der Waals surface area contributed by atoms with Crippen LogP contribution in [0.15, 0.2) is 24.3 Å². The molecular formula is C13H13FO3. The van der Waals surface area contributed by atoms with Crippen LogP contribution in [-0.2, 0) is 9.53 Å². The largest absolute Gasteiger partial charge is 0.380 e. The highest BCUT2D eigenvalue weighted by atomic mass is 19.1. The van der Waals surface area contributed by atoms with Gasteiger partial charge in [0.15, 0.2) is 5.78 Å². The van der Waals surface area contributed by atoms with Crippen LogP contribution < -0.4 is 0 Å². The number of halogens is 1. The van der Waals surface area contributed by atoms with E-state index >= 15 is 0 Å². The Morgan fingerprint density at radius 2 is 2.06 bits per heavy atom. The lowest BCUT2D eigenvalue weighted by atomic mass is 9.92. The second-order valence-corrected chi connectivity index (χ2v) is 4.12. The summed E-state index contributed by atoms with van der Waals surface area (Å²) >= 11 is 0. The van der Waals surface area contributed by atoms with Gasteiger partial charge in [-0.25, -0.2) is 4.39 Å². The Morgan fingerprint density at radius 3 is 2.71 bits per heavy atom. The molecule has 0 radical (unpaired) electrons. The zero-order valence-electron chi connectivity index (χ0n) is 9.32. The Balaban J connectivity index is 2.01. The van der Waals surface area contributed by atoms with Crippen LogP contribution in [0.3, 0.4) is 0 Å². The summed E-state index contributed by atoms with van der Waals surface area (Å²) in [5.74, 6) is -0.791. The van der Waals surface area contributed by atoms with Gasteiger partial charge >= 0.3 is 0 Å². The molecule has 0 N–H and O–H groups in total. The highest BCUT2D eigenvalue weighted by Gasteiger charge is 2.25. The molecule has 1 fully saturated rings. The van der Waals surface area contributed by atoms with Crippen molar-refractivity contribution in [2.24, 2.45) is 5.92 Å². The molecule has 17 heavy (non-hydrogen) atoms. The highest BCUT2D eigenvalue weighted by Crippen LogP contribution is 2.17. The zero-order valence-corrected chi connectivity index (χ0v) is 9.32. The van der Waals surface area contributed by atoms with Crippen molar-refractivity contribution < 1.29 is 18.7 Å². The predicted molar refractivity (Wildman–Crippen MR) is 59.3 cm³/mol. The van der Waals surface area contributed by atoms with Gasteiger partial charge in [0.05, 0.1) is 13.2 Å². The first kappa shape index (κ1) is 11.9. The number of rotatable bonds is 3. The fraction of sp³-hybridized carbons (Fsp3) is 0.385. The van der Waals surface area contributed by atoms with Crippen molar-refractivity contribution in [2.75, 3.05) is 13.2 Å². The number of ketones is 2. The average Bonchev–Trinajstić information content (AvgIpc) is 2.33. The molecule has 1 aliphatic rings. The van der Waals surface area contributed by atoms with Crippen LogP contribution >= 0.6 is 0 Å². The molecule has 4 heteroatoms. The van der Waals surface area contributed by atoms with Gasteiger partial charge in [0.25, 0.3) is 0 Å². The summed E-state index contributed by atoms with van der Waals surface area (Å²) in [6.07, 6.45) is 0.520. The summed E-state index contributed by atoms with van der Waals surface area (Å²) in [5.41, 5.74) is 0.435. The van der Waals surface area contributed by atoms with E-state index in [2.05, 4.69) is 0 Å². The molecule has 0 saturated carbocycles. The molecule has 1 aliphatic heterocycles. The van der Waals surface area contributed by atoms with E-state index < -0.39 is 0 Å². The quantitative estimate of drug-likeness (QED) is 0.754. The first-order valence-corrected chi connectivity index (χ1v) is 5.56. The van der Waals surface area contributed by atoms with Crippen LogP contribution in [-0.4, -0.2) is 24.8 Å². The zero-order chi connectivity index (χ0) is 12.3. The van der Waals surface area contributed by atoms with Crippen LogP contribution in [0.1, 0.15) is 23.2 Å². The SMILES string of the molecule is O=C(CC1COCCC1=O)c1ccc(F)cc1. The van der Waals surface area contributed by atoms with Gasteiger partial charge in [-0.3, -0.25) is 9.59 Å². The van der Waals surface area contributed by atoms with Gasteiger partial charge in [0, 0.05) is 24.3 Å². The minimum Gasteiger partial charge on any atom is -0.380 e. The van der Waals surface area contributed by atoms with E-state index in [0.29, 0.717) is 25.2 Å². The first-order valence-electron chi connectivity index (χ1n) is 5.56. The lowest BCUT2D eigenvalue weighted by Gasteiger charge is -2.20. The lowest BCUT2D eigenvalue weighted by molar-refractivity contribution is -0.130. The maximum Gasteiger partial charge on any atom is 0.163 e. The van der Waals surface area contributed by atoms with Crippen molar-refractivity contribution in [3.8, 4) is 0 Å². The van der Waals surface area contributed by atoms with Gasteiger partial charge in [0.1, 0.15) is 11.6 Å². The summed E-state index contributed by atoms with van der Waals surface area (Å²) in [5, 5.41) is 0. The van der Waals surface area contributed by atoms with Crippen LogP contribution in [0.25, 0.3) is 0 Å². The standard InChI is InChI=1S/C13H13FO3/c14-11-3-1-9(2-4-11)13(16)7-10-8-17-6-5-12(10)15/h1-4,10H,5-8H2. The second-order valence-electron chi connectivity index (χ2n) is 4.12. The van der Waals surface area contributed by atoms with E-state index in [1.165, 1.54) is 24.3 Å². The number of Topliss-reactive ketones (excluding diaryl/α,β-unsaturated/α-hetero) is 2. The fourth-order valence-electron chi connectivity index (χ4n) is 1.85. The third-order valence-electron chi connectivity index (χ3n) is 2.87. The molecule has 0 bridgehead atoms. The highest BCUT2D eigenvalue weighted by molar-refractivity contribution is 5.99. The average molecular weight is 236 g/mol. The molecule has 1 saturated heterocycles. The van der Waals surface area contributed by atoms with E-state index in [1.807, 2.05) is 0 Å². The third kappa shape index (κ3) is 2.97. The van der Waals surface area contributed by atoms with E-state index in [0.717, 1.165) is 0 Å². The molecule has 0 aliphatic carbocycles. The molecular weight excluding hydrogens is 223 g/mol. The minimum atomic E-state index is -0.376. The van der Waals surface area contributed by atoms with Gasteiger partial charge in [0.2, 0.25) is 0 Å². The fourth-order valence-corrected chi connectivity index (χ4v) is 1.85. The number of hydrogen-bond acceptors (Lipinski definition) is 3. The topological polar surface area (TPSA) is 43.4 Å². The third-order valence-corrected chi connectivity index (χ3v) is 2.87. The minimum absolute atomic E-state index is 0.0757. The van der Waals surface area contributed by atoms with Crippen LogP contribution in [0, 0.1) is 11.7 Å². The van der Waals surface area contributed by atoms with Crippen LogP contribution in [0.5, 0.6) is 0 Å². The molecule has 1 aromatic carbocycles. The van der Waals surface area contributed by atoms with Crippen molar-refractivity contribution in [1.82, 2.24) is 0 Å². The summed E-state index contributed by atoms with van der Waals surface area (Å²) < 4.78 is 17.9. The van der Waals surface area contributed by atoms with Gasteiger partial charge < -0.3 is 4.74 Å². The van der Waals surface area contributed by atoms with Crippen molar-refractivity contribution >= 4 is 11.6 Å². The number of ether oxygens (including phenoxy) is 1. The first-order chi connectivity index (χ1) is 8.16. The Hall–Kier alpha value is -1.55. The Labute approximate surface area is 98.6 Å². The van der Waals surface area contributed by atoms with Crippen molar-refractivity contribution in [3.63, 3.8) is 0 Å². The number of hydrogen-bond donors (Lipinski definition) is 0. The maximum atomic E-state index is 12.7. The molecule has 1 unspecified atom stereocenters. The Bertz CT molecular complexity index is 425. The van der Waals surface area contributed by atoms with Crippen molar-refractivity contribution in [1.29, 1.82) is 0 Å². The summed E-state index contributed by atoms with van der Waals surface area (Å²) in [6.45, 7) is 0.756. The molecule has 1 heterocycles. The van der Waals surface area contributed by atoms with Crippen LogP contribution in [0.2, 0.25) is 0 Å². The number of benzene rings is 1. The molecule has 2 rings (SSSR count). The van der Waals surface area contributed by atoms with Gasteiger partial charge in [-0.15, -0.1) is 0 Å². The molecule has 0 aromatic heterocycles. The van der Waals surface area contributed by atoms with Crippen LogP contribution in [0.4, 0.5) is 4.39 Å². The second kappa shape index (κ2) is 5.19. The van der Waals surface area contributed by atoms with E-state index in [9.17, 15) is 14.0 Å². The summed E-state index contributed by atoms with van der Waals surface area (Å²) in [6, 6.07) is 5.36. The lowest BCUT2D eigenvalue weighted by Crippen LogP contribution is -2.29. The van der Waals surface area contributed by atoms with E-state index in [4.69, 9.17) is 4.74 Å². The van der Waals surface area contributed by atoms with E-state index in [-0.39, 0.29) is 29.7 Å². The predicted octanol–water partition coefficient (Wildman–Crippen LogP) is 2.00. The van der Waals surface area contributed by atoms with Gasteiger partial charge in [-0.2, -0.15) is 0 Å². The summed E-state index contributed by atoms with van der Waals surface area (Å²) in [4.78, 5) is 23.4. The Kier molecular flexibility index (Phi) is 3.64. The number of carbonyl (C=O) groups excluding carboxylic acids is 2. The van der Waals surface area contributed by atoms with E-state index in [1.54, 1.807) is 0 Å². The molecule has 0 amide bonds. The molecule has 3 nitrogen and oxygen atoms in total. The monoisotopic (exact) mass is 236 g/mol. The maximum absolute atomic E-state index is 12.7. The van der Waals surface area contributed by atoms with Gasteiger partial charge in [-0.1, -0.05) is 0 Å². The molecule has 90 valence electrons. The van der Waals surface area contributed by atoms with Crippen molar-refractivity contribution in [2.45, 2.75) is 12.8 Å². The Morgan fingerprint density at radius 1 is 1.35 bits per heavy atom.